The van der Waals surface area contributed by atoms with Gasteiger partial charge in [-0.3, -0.25) is 19.1 Å². The second-order valence-corrected chi connectivity index (χ2v) is 9.67. The summed E-state index contributed by atoms with van der Waals surface area (Å²) in [5.74, 6) is -0.0809. The Hall–Kier alpha value is -2.55. The van der Waals surface area contributed by atoms with Gasteiger partial charge in [-0.25, -0.2) is 4.98 Å². The van der Waals surface area contributed by atoms with Gasteiger partial charge in [0.15, 0.2) is 0 Å². The monoisotopic (exact) mass is 454 g/mol. The number of hydrogen-bond acceptors (Lipinski definition) is 6. The van der Waals surface area contributed by atoms with Crippen molar-refractivity contribution in [1.82, 2.24) is 19.8 Å². The summed E-state index contributed by atoms with van der Waals surface area (Å²) in [5, 5.41) is 3.64. The number of morpholine rings is 1. The molecule has 0 aliphatic carbocycles. The first-order chi connectivity index (χ1) is 15.4. The van der Waals surface area contributed by atoms with Crippen LogP contribution in [0.5, 0.6) is 0 Å². The van der Waals surface area contributed by atoms with Crippen molar-refractivity contribution in [2.45, 2.75) is 52.9 Å². The highest BCUT2D eigenvalue weighted by Crippen LogP contribution is 2.25. The van der Waals surface area contributed by atoms with Crippen molar-refractivity contribution in [2.24, 2.45) is 0 Å². The Labute approximate surface area is 192 Å². The molecule has 1 aliphatic heterocycles. The number of ether oxygens (including phenoxy) is 1. The van der Waals surface area contributed by atoms with Gasteiger partial charge in [0.1, 0.15) is 4.83 Å². The molecule has 4 rings (SSSR count). The third-order valence-electron chi connectivity index (χ3n) is 5.95. The van der Waals surface area contributed by atoms with E-state index in [1.165, 1.54) is 21.5 Å². The molecule has 2 aromatic heterocycles. The number of carbonyl (C=O) groups excluding carboxylic acids is 1. The van der Waals surface area contributed by atoms with Crippen LogP contribution in [0.25, 0.3) is 10.2 Å². The van der Waals surface area contributed by atoms with Crippen LogP contribution < -0.4 is 10.9 Å². The average Bonchev–Trinajstić information content (AvgIpc) is 3.06. The molecule has 0 spiro atoms. The Morgan fingerprint density at radius 1 is 1.31 bits per heavy atom. The summed E-state index contributed by atoms with van der Waals surface area (Å²) in [6, 6.07) is 8.32. The minimum atomic E-state index is -0.0809. The molecule has 1 saturated heterocycles. The minimum Gasteiger partial charge on any atom is -0.376 e. The highest BCUT2D eigenvalue weighted by molar-refractivity contribution is 7.18. The van der Waals surface area contributed by atoms with E-state index in [1.807, 2.05) is 26.0 Å². The van der Waals surface area contributed by atoms with Gasteiger partial charge in [-0.1, -0.05) is 24.3 Å². The van der Waals surface area contributed by atoms with E-state index in [-0.39, 0.29) is 24.0 Å². The summed E-state index contributed by atoms with van der Waals surface area (Å²) >= 11 is 1.53. The van der Waals surface area contributed by atoms with Crippen LogP contribution in [0.4, 0.5) is 0 Å². The topological polar surface area (TPSA) is 76.5 Å². The quantitative estimate of drug-likeness (QED) is 0.594. The molecule has 170 valence electrons. The summed E-state index contributed by atoms with van der Waals surface area (Å²) in [7, 11) is 0. The molecule has 1 unspecified atom stereocenters. The Morgan fingerprint density at radius 3 is 2.94 bits per heavy atom. The van der Waals surface area contributed by atoms with E-state index >= 15 is 0 Å². The molecule has 1 fully saturated rings. The fourth-order valence-corrected chi connectivity index (χ4v) is 5.06. The number of thiophene rings is 1. The molecule has 3 heterocycles. The van der Waals surface area contributed by atoms with Crippen LogP contribution in [0.1, 0.15) is 34.9 Å². The maximum absolute atomic E-state index is 12.8. The van der Waals surface area contributed by atoms with Gasteiger partial charge in [0.2, 0.25) is 5.91 Å². The van der Waals surface area contributed by atoms with Crippen molar-refractivity contribution in [2.75, 3.05) is 19.7 Å². The average molecular weight is 455 g/mol. The predicted octanol–water partition coefficient (Wildman–Crippen LogP) is 3.00. The van der Waals surface area contributed by atoms with E-state index in [1.54, 1.807) is 6.33 Å². The largest absolute Gasteiger partial charge is 0.376 e. The number of benzene rings is 1. The SMILES string of the molecule is Cc1sc2ncn(CCC(=O)NCc3cccc(CN4CCOC(C)C4)c3)c(=O)c2c1C. The molecule has 0 saturated carbocycles. The lowest BCUT2D eigenvalue weighted by Crippen LogP contribution is -2.40. The van der Waals surface area contributed by atoms with Crippen molar-refractivity contribution in [3.05, 3.63) is 62.5 Å². The molecule has 8 heteroatoms. The summed E-state index contributed by atoms with van der Waals surface area (Å²) in [5.41, 5.74) is 3.21. The van der Waals surface area contributed by atoms with Gasteiger partial charge in [0, 0.05) is 44.0 Å². The summed E-state index contributed by atoms with van der Waals surface area (Å²) in [6.07, 6.45) is 2.05. The fraction of sp³-hybridized carbons (Fsp3) is 0.458. The molecular formula is C24H30N4O3S. The Kier molecular flexibility index (Phi) is 7.03. The van der Waals surface area contributed by atoms with Gasteiger partial charge in [0.05, 0.1) is 24.4 Å². The van der Waals surface area contributed by atoms with Gasteiger partial charge in [-0.05, 0) is 37.5 Å². The number of carbonyl (C=O) groups is 1. The molecule has 7 nitrogen and oxygen atoms in total. The predicted molar refractivity (Wildman–Crippen MR) is 127 cm³/mol. The normalized spacial score (nSPS) is 17.0. The lowest BCUT2D eigenvalue weighted by molar-refractivity contribution is -0.121. The summed E-state index contributed by atoms with van der Waals surface area (Å²) in [4.78, 5) is 33.8. The van der Waals surface area contributed by atoms with Gasteiger partial charge in [-0.15, -0.1) is 11.3 Å². The van der Waals surface area contributed by atoms with E-state index in [0.29, 0.717) is 18.5 Å². The first-order valence-electron chi connectivity index (χ1n) is 11.0. The van der Waals surface area contributed by atoms with Crippen LogP contribution in [0.3, 0.4) is 0 Å². The number of amides is 1. The molecule has 1 N–H and O–H groups in total. The van der Waals surface area contributed by atoms with Crippen molar-refractivity contribution in [3.63, 3.8) is 0 Å². The van der Waals surface area contributed by atoms with E-state index in [9.17, 15) is 9.59 Å². The smallest absolute Gasteiger partial charge is 0.262 e. The number of hydrogen-bond donors (Lipinski definition) is 1. The molecule has 1 aromatic carbocycles. The molecule has 1 atom stereocenters. The van der Waals surface area contributed by atoms with Crippen molar-refractivity contribution in [3.8, 4) is 0 Å². The number of fused-ring (bicyclic) bond motifs is 1. The Balaban J connectivity index is 1.31. The number of aryl methyl sites for hydroxylation is 3. The Morgan fingerprint density at radius 2 is 2.12 bits per heavy atom. The van der Waals surface area contributed by atoms with Crippen LogP contribution in [0, 0.1) is 13.8 Å². The number of nitrogens with one attached hydrogen (secondary N) is 1. The van der Waals surface area contributed by atoms with Crippen molar-refractivity contribution < 1.29 is 9.53 Å². The molecular weight excluding hydrogens is 424 g/mol. The minimum absolute atomic E-state index is 0.0743. The molecule has 0 bridgehead atoms. The van der Waals surface area contributed by atoms with Gasteiger partial charge in [0.25, 0.3) is 5.56 Å². The van der Waals surface area contributed by atoms with E-state index < -0.39 is 0 Å². The maximum atomic E-state index is 12.8. The zero-order chi connectivity index (χ0) is 22.7. The zero-order valence-corrected chi connectivity index (χ0v) is 19.7. The lowest BCUT2D eigenvalue weighted by atomic mass is 10.1. The molecule has 0 radical (unpaired) electrons. The third kappa shape index (κ3) is 5.26. The Bertz CT molecular complexity index is 1170. The van der Waals surface area contributed by atoms with Crippen LogP contribution in [0.2, 0.25) is 0 Å². The second kappa shape index (κ2) is 9.94. The van der Waals surface area contributed by atoms with Crippen LogP contribution in [-0.4, -0.2) is 46.2 Å². The standard InChI is InChI=1S/C24H30N4O3S/c1-16-13-27(9-10-31-16)14-20-6-4-5-19(11-20)12-25-21(29)7-8-28-15-26-23-22(24(28)30)17(2)18(3)32-23/h4-6,11,15-16H,7-10,12-14H2,1-3H3,(H,25,29). The highest BCUT2D eigenvalue weighted by Gasteiger charge is 2.17. The third-order valence-corrected chi connectivity index (χ3v) is 7.06. The van der Waals surface area contributed by atoms with Crippen LogP contribution >= 0.6 is 11.3 Å². The van der Waals surface area contributed by atoms with E-state index in [2.05, 4.69) is 34.3 Å². The van der Waals surface area contributed by atoms with E-state index in [4.69, 9.17) is 4.74 Å². The van der Waals surface area contributed by atoms with Crippen molar-refractivity contribution >= 4 is 27.5 Å². The maximum Gasteiger partial charge on any atom is 0.262 e. The number of rotatable bonds is 7. The van der Waals surface area contributed by atoms with Crippen molar-refractivity contribution in [1.29, 1.82) is 0 Å². The van der Waals surface area contributed by atoms with Gasteiger partial charge < -0.3 is 10.1 Å². The fourth-order valence-electron chi connectivity index (χ4n) is 4.07. The molecule has 1 amide bonds. The van der Waals surface area contributed by atoms with Crippen LogP contribution in [-0.2, 0) is 29.2 Å². The first-order valence-corrected chi connectivity index (χ1v) is 11.9. The summed E-state index contributed by atoms with van der Waals surface area (Å²) < 4.78 is 7.14. The van der Waals surface area contributed by atoms with Gasteiger partial charge >= 0.3 is 0 Å². The first kappa shape index (κ1) is 22.6. The van der Waals surface area contributed by atoms with Crippen LogP contribution in [0.15, 0.2) is 35.4 Å². The molecule has 32 heavy (non-hydrogen) atoms. The molecule has 1 aliphatic rings. The number of aromatic nitrogens is 2. The highest BCUT2D eigenvalue weighted by atomic mass is 32.1. The zero-order valence-electron chi connectivity index (χ0n) is 18.9. The van der Waals surface area contributed by atoms with Gasteiger partial charge in [-0.2, -0.15) is 0 Å². The summed E-state index contributed by atoms with van der Waals surface area (Å²) in [6.45, 7) is 10.4. The number of nitrogens with zero attached hydrogens (tertiary/aromatic N) is 3. The molecule has 3 aromatic rings. The van der Waals surface area contributed by atoms with E-state index in [0.717, 1.165) is 47.1 Å². The second-order valence-electron chi connectivity index (χ2n) is 8.47. The lowest BCUT2D eigenvalue weighted by Gasteiger charge is -2.31.